The van der Waals surface area contributed by atoms with Crippen molar-refractivity contribution in [3.8, 4) is 22.6 Å². The average Bonchev–Trinajstić information content (AvgIpc) is 2.29. The van der Waals surface area contributed by atoms with E-state index in [0.29, 0.717) is 21.7 Å². The number of phenolic OH excluding ortho intramolecular Hbond substituents is 2. The summed E-state index contributed by atoms with van der Waals surface area (Å²) in [5, 5.41) is 28.7. The van der Waals surface area contributed by atoms with E-state index in [1.54, 1.807) is 24.3 Å². The molecule has 4 nitrogen and oxygen atoms in total. The van der Waals surface area contributed by atoms with Crippen LogP contribution in [0.1, 0.15) is 5.56 Å². The van der Waals surface area contributed by atoms with Crippen molar-refractivity contribution in [1.29, 1.82) is 0 Å². The van der Waals surface area contributed by atoms with Crippen LogP contribution in [-0.4, -0.2) is 21.3 Å². The standard InChI is InChI=1S/C14H11ClO4/c15-11-4-2-1-3-10(11)14-8(6-13(18)19)5-9(16)7-12(14)17/h1-5,7,16-17H,6H2,(H,18,19). The zero-order valence-corrected chi connectivity index (χ0v) is 10.6. The Morgan fingerprint density at radius 2 is 1.84 bits per heavy atom. The Bertz CT molecular complexity index is 637. The fourth-order valence-electron chi connectivity index (χ4n) is 1.95. The number of carbonyl (C=O) groups is 1. The van der Waals surface area contributed by atoms with Gasteiger partial charge in [0.25, 0.3) is 0 Å². The molecule has 0 spiro atoms. The zero-order chi connectivity index (χ0) is 14.0. The lowest BCUT2D eigenvalue weighted by Gasteiger charge is -2.12. The minimum absolute atomic E-state index is 0.190. The van der Waals surface area contributed by atoms with Crippen molar-refractivity contribution < 1.29 is 20.1 Å². The van der Waals surface area contributed by atoms with Crippen LogP contribution in [0.5, 0.6) is 11.5 Å². The molecule has 0 aliphatic heterocycles. The predicted octanol–water partition coefficient (Wildman–Crippen LogP) is 3.05. The monoisotopic (exact) mass is 278 g/mol. The van der Waals surface area contributed by atoms with E-state index in [1.165, 1.54) is 6.07 Å². The van der Waals surface area contributed by atoms with Gasteiger partial charge in [0.2, 0.25) is 0 Å². The quantitative estimate of drug-likeness (QED) is 0.806. The third-order valence-electron chi connectivity index (χ3n) is 2.67. The molecule has 0 saturated heterocycles. The van der Waals surface area contributed by atoms with Crippen LogP contribution < -0.4 is 0 Å². The van der Waals surface area contributed by atoms with E-state index in [-0.39, 0.29) is 17.9 Å². The first kappa shape index (κ1) is 13.2. The molecular weight excluding hydrogens is 268 g/mol. The lowest BCUT2D eigenvalue weighted by Crippen LogP contribution is -2.02. The molecular formula is C14H11ClO4. The molecule has 0 fully saturated rings. The highest BCUT2D eigenvalue weighted by Gasteiger charge is 2.16. The highest BCUT2D eigenvalue weighted by Crippen LogP contribution is 2.39. The van der Waals surface area contributed by atoms with Gasteiger partial charge in [0.15, 0.2) is 0 Å². The number of hydrogen-bond acceptors (Lipinski definition) is 3. The number of aromatic hydroxyl groups is 2. The Balaban J connectivity index is 2.68. The van der Waals surface area contributed by atoms with E-state index >= 15 is 0 Å². The van der Waals surface area contributed by atoms with Gasteiger partial charge in [-0.05, 0) is 17.7 Å². The van der Waals surface area contributed by atoms with E-state index < -0.39 is 5.97 Å². The molecule has 0 aliphatic rings. The highest BCUT2D eigenvalue weighted by atomic mass is 35.5. The molecule has 0 bridgehead atoms. The largest absolute Gasteiger partial charge is 0.508 e. The smallest absolute Gasteiger partial charge is 0.307 e. The van der Waals surface area contributed by atoms with Crippen LogP contribution in [0.4, 0.5) is 0 Å². The Morgan fingerprint density at radius 3 is 2.47 bits per heavy atom. The van der Waals surface area contributed by atoms with Gasteiger partial charge in [-0.25, -0.2) is 0 Å². The Labute approximate surface area is 114 Å². The van der Waals surface area contributed by atoms with Crippen LogP contribution in [0.3, 0.4) is 0 Å². The fraction of sp³-hybridized carbons (Fsp3) is 0.0714. The van der Waals surface area contributed by atoms with Crippen molar-refractivity contribution in [2.75, 3.05) is 0 Å². The van der Waals surface area contributed by atoms with Gasteiger partial charge < -0.3 is 15.3 Å². The number of halogens is 1. The molecule has 0 aliphatic carbocycles. The third-order valence-corrected chi connectivity index (χ3v) is 3.00. The normalized spacial score (nSPS) is 10.4. The summed E-state index contributed by atoms with van der Waals surface area (Å²) in [4.78, 5) is 10.9. The second-order valence-corrected chi connectivity index (χ2v) is 4.46. The third kappa shape index (κ3) is 2.80. The maximum atomic E-state index is 10.9. The number of carboxylic acids is 1. The van der Waals surface area contributed by atoms with Crippen molar-refractivity contribution in [2.24, 2.45) is 0 Å². The summed E-state index contributed by atoms with van der Waals surface area (Å²) in [5.41, 5.74) is 1.15. The summed E-state index contributed by atoms with van der Waals surface area (Å²) in [6.45, 7) is 0. The lowest BCUT2D eigenvalue weighted by molar-refractivity contribution is -0.136. The molecule has 2 aromatic carbocycles. The molecule has 0 radical (unpaired) electrons. The average molecular weight is 279 g/mol. The van der Waals surface area contributed by atoms with Crippen LogP contribution in [0.25, 0.3) is 11.1 Å². The van der Waals surface area contributed by atoms with E-state index in [2.05, 4.69) is 0 Å². The molecule has 19 heavy (non-hydrogen) atoms. The molecule has 0 aromatic heterocycles. The molecule has 0 atom stereocenters. The number of phenols is 2. The zero-order valence-electron chi connectivity index (χ0n) is 9.80. The van der Waals surface area contributed by atoms with Crippen LogP contribution >= 0.6 is 11.6 Å². The van der Waals surface area contributed by atoms with Gasteiger partial charge in [-0.3, -0.25) is 4.79 Å². The molecule has 98 valence electrons. The summed E-state index contributed by atoms with van der Waals surface area (Å²) in [6, 6.07) is 9.27. The molecule has 0 unspecified atom stereocenters. The number of benzene rings is 2. The van der Waals surface area contributed by atoms with Gasteiger partial charge in [0.1, 0.15) is 11.5 Å². The highest BCUT2D eigenvalue weighted by molar-refractivity contribution is 6.33. The summed E-state index contributed by atoms with van der Waals surface area (Å²) < 4.78 is 0. The number of aliphatic carboxylic acids is 1. The topological polar surface area (TPSA) is 77.8 Å². The lowest BCUT2D eigenvalue weighted by atomic mass is 9.96. The van der Waals surface area contributed by atoms with E-state index in [0.717, 1.165) is 6.07 Å². The summed E-state index contributed by atoms with van der Waals surface area (Å²) in [5.74, 6) is -1.45. The van der Waals surface area contributed by atoms with Gasteiger partial charge in [0, 0.05) is 22.2 Å². The molecule has 2 rings (SSSR count). The Morgan fingerprint density at radius 1 is 1.16 bits per heavy atom. The molecule has 0 amide bonds. The SMILES string of the molecule is O=C(O)Cc1cc(O)cc(O)c1-c1ccccc1Cl. The van der Waals surface area contributed by atoms with Crippen molar-refractivity contribution in [3.63, 3.8) is 0 Å². The first-order valence-corrected chi connectivity index (χ1v) is 5.88. The molecule has 3 N–H and O–H groups in total. The van der Waals surface area contributed by atoms with Gasteiger partial charge in [-0.15, -0.1) is 0 Å². The second kappa shape index (κ2) is 5.20. The molecule has 0 saturated carbocycles. The molecule has 2 aromatic rings. The number of carboxylic acid groups (broad SMARTS) is 1. The van der Waals surface area contributed by atoms with E-state index in [4.69, 9.17) is 16.7 Å². The molecule has 0 heterocycles. The minimum atomic E-state index is -1.06. The van der Waals surface area contributed by atoms with E-state index in [1.807, 2.05) is 0 Å². The Kier molecular flexibility index (Phi) is 3.62. The van der Waals surface area contributed by atoms with Crippen LogP contribution in [0, 0.1) is 0 Å². The maximum Gasteiger partial charge on any atom is 0.307 e. The van der Waals surface area contributed by atoms with Crippen molar-refractivity contribution >= 4 is 17.6 Å². The number of hydrogen-bond donors (Lipinski definition) is 3. The minimum Gasteiger partial charge on any atom is -0.508 e. The summed E-state index contributed by atoms with van der Waals surface area (Å²) >= 11 is 6.06. The second-order valence-electron chi connectivity index (χ2n) is 4.05. The van der Waals surface area contributed by atoms with Gasteiger partial charge in [-0.1, -0.05) is 29.8 Å². The fourth-order valence-corrected chi connectivity index (χ4v) is 2.18. The molecule has 5 heteroatoms. The van der Waals surface area contributed by atoms with E-state index in [9.17, 15) is 15.0 Å². The van der Waals surface area contributed by atoms with Gasteiger partial charge in [-0.2, -0.15) is 0 Å². The van der Waals surface area contributed by atoms with Gasteiger partial charge in [0.05, 0.1) is 6.42 Å². The van der Waals surface area contributed by atoms with Crippen LogP contribution in [0.2, 0.25) is 5.02 Å². The predicted molar refractivity (Wildman–Crippen MR) is 71.6 cm³/mol. The Hall–Kier alpha value is -2.20. The first-order valence-electron chi connectivity index (χ1n) is 5.50. The van der Waals surface area contributed by atoms with Crippen molar-refractivity contribution in [1.82, 2.24) is 0 Å². The van der Waals surface area contributed by atoms with Crippen LogP contribution in [-0.2, 0) is 11.2 Å². The number of rotatable bonds is 3. The summed E-state index contributed by atoms with van der Waals surface area (Å²) in [6.07, 6.45) is -0.317. The maximum absolute atomic E-state index is 10.9. The van der Waals surface area contributed by atoms with Crippen LogP contribution in [0.15, 0.2) is 36.4 Å². The van der Waals surface area contributed by atoms with Crippen molar-refractivity contribution in [3.05, 3.63) is 47.0 Å². The van der Waals surface area contributed by atoms with Crippen molar-refractivity contribution in [2.45, 2.75) is 6.42 Å². The summed E-state index contributed by atoms with van der Waals surface area (Å²) in [7, 11) is 0. The van der Waals surface area contributed by atoms with Gasteiger partial charge >= 0.3 is 5.97 Å². The first-order chi connectivity index (χ1) is 8.99.